The van der Waals surface area contributed by atoms with Crippen LogP contribution in [0.3, 0.4) is 0 Å². The van der Waals surface area contributed by atoms with E-state index in [9.17, 15) is 9.59 Å². The molecule has 0 aliphatic rings. The van der Waals surface area contributed by atoms with Crippen LogP contribution >= 0.6 is 22.6 Å². The van der Waals surface area contributed by atoms with Gasteiger partial charge in [0.15, 0.2) is 0 Å². The van der Waals surface area contributed by atoms with Crippen LogP contribution in [0.4, 0.5) is 5.69 Å². The minimum absolute atomic E-state index is 0.230. The van der Waals surface area contributed by atoms with Crippen LogP contribution in [0.25, 0.3) is 0 Å². The summed E-state index contributed by atoms with van der Waals surface area (Å²) in [5.74, 6) is -1.28. The van der Waals surface area contributed by atoms with Crippen molar-refractivity contribution >= 4 is 40.2 Å². The molecule has 0 spiro atoms. The van der Waals surface area contributed by atoms with Crippen LogP contribution in [0, 0.1) is 9.49 Å². The van der Waals surface area contributed by atoms with E-state index >= 15 is 0 Å². The lowest BCUT2D eigenvalue weighted by Gasteiger charge is -2.16. The number of aliphatic carboxylic acids is 1. The average Bonchev–Trinajstić information content (AvgIpc) is 2.56. The Labute approximate surface area is 154 Å². The Balaban J connectivity index is 2.16. The molecule has 5 nitrogen and oxygen atoms in total. The molecular weight excluding hydrogens is 421 g/mol. The highest BCUT2D eigenvalue weighted by atomic mass is 127. The topological polar surface area (TPSA) is 75.6 Å². The highest BCUT2D eigenvalue weighted by molar-refractivity contribution is 14.1. The first-order valence-corrected chi connectivity index (χ1v) is 8.47. The molecule has 0 aliphatic carbocycles. The summed E-state index contributed by atoms with van der Waals surface area (Å²) < 4.78 is 6.07. The maximum Gasteiger partial charge on any atom is 0.304 e. The number of anilines is 1. The van der Waals surface area contributed by atoms with E-state index in [1.807, 2.05) is 42.5 Å². The molecule has 0 aliphatic heterocycles. The van der Waals surface area contributed by atoms with Crippen molar-refractivity contribution in [2.24, 2.45) is 5.92 Å². The average molecular weight is 439 g/mol. The number of hydrogen-bond acceptors (Lipinski definition) is 3. The molecule has 0 aromatic heterocycles. The Morgan fingerprint density at radius 3 is 2.62 bits per heavy atom. The quantitative estimate of drug-likeness (QED) is 0.647. The smallest absolute Gasteiger partial charge is 0.304 e. The summed E-state index contributed by atoms with van der Waals surface area (Å²) in [6.07, 6.45) is 0.102. The highest BCUT2D eigenvalue weighted by Gasteiger charge is 2.23. The first kappa shape index (κ1) is 18.3. The number of carbonyl (C=O) groups is 2. The lowest BCUT2D eigenvalue weighted by Crippen LogP contribution is -2.27. The van der Waals surface area contributed by atoms with Crippen LogP contribution in [-0.4, -0.2) is 24.1 Å². The van der Waals surface area contributed by atoms with Crippen LogP contribution in [0.5, 0.6) is 5.75 Å². The lowest BCUT2D eigenvalue weighted by molar-refractivity contribution is -0.140. The van der Waals surface area contributed by atoms with Gasteiger partial charge in [0.1, 0.15) is 5.75 Å². The molecule has 1 atom stereocenters. The minimum atomic E-state index is -0.999. The van der Waals surface area contributed by atoms with Gasteiger partial charge in [0.25, 0.3) is 0 Å². The zero-order valence-electron chi connectivity index (χ0n) is 13.2. The zero-order chi connectivity index (χ0) is 17.5. The Morgan fingerprint density at radius 1 is 1.21 bits per heavy atom. The van der Waals surface area contributed by atoms with Gasteiger partial charge in [0.05, 0.1) is 25.1 Å². The van der Waals surface area contributed by atoms with E-state index in [2.05, 4.69) is 27.9 Å². The fraction of sp³-hybridized carbons (Fsp3) is 0.222. The van der Waals surface area contributed by atoms with Gasteiger partial charge in [-0.05, 0) is 58.8 Å². The zero-order valence-corrected chi connectivity index (χ0v) is 15.3. The maximum absolute atomic E-state index is 12.6. The molecule has 2 aromatic carbocycles. The minimum Gasteiger partial charge on any atom is -0.497 e. The number of nitrogens with one attached hydrogen (secondary N) is 1. The van der Waals surface area contributed by atoms with Crippen molar-refractivity contribution in [3.05, 3.63) is 57.7 Å². The molecule has 126 valence electrons. The third-order valence-corrected chi connectivity index (χ3v) is 4.48. The second kappa shape index (κ2) is 8.68. The first-order valence-electron chi connectivity index (χ1n) is 7.39. The van der Waals surface area contributed by atoms with Crippen molar-refractivity contribution in [3.63, 3.8) is 0 Å². The van der Waals surface area contributed by atoms with E-state index in [1.54, 1.807) is 13.2 Å². The van der Waals surface area contributed by atoms with Gasteiger partial charge >= 0.3 is 5.97 Å². The lowest BCUT2D eigenvalue weighted by atomic mass is 9.95. The summed E-state index contributed by atoms with van der Waals surface area (Å²) >= 11 is 2.13. The van der Waals surface area contributed by atoms with Gasteiger partial charge < -0.3 is 15.2 Å². The summed E-state index contributed by atoms with van der Waals surface area (Å²) in [6, 6.07) is 14.7. The third-order valence-electron chi connectivity index (χ3n) is 3.54. The molecule has 0 fully saturated rings. The molecule has 2 rings (SSSR count). The van der Waals surface area contributed by atoms with E-state index in [0.717, 1.165) is 9.13 Å². The standard InChI is InChI=1S/C18H18INO4/c1-24-14-6-4-5-12(10-14)9-13(11-17(21)22)18(23)20-16-8-3-2-7-15(16)19/h2-8,10,13H,9,11H2,1H3,(H,20,23)(H,21,22)/t13-/m1/s1. The Hall–Kier alpha value is -2.09. The van der Waals surface area contributed by atoms with Crippen LogP contribution in [-0.2, 0) is 16.0 Å². The fourth-order valence-electron chi connectivity index (χ4n) is 2.35. The van der Waals surface area contributed by atoms with Crippen LogP contribution in [0.15, 0.2) is 48.5 Å². The van der Waals surface area contributed by atoms with Crippen LogP contribution < -0.4 is 10.1 Å². The number of methoxy groups -OCH3 is 1. The Morgan fingerprint density at radius 2 is 1.96 bits per heavy atom. The van der Waals surface area contributed by atoms with Gasteiger partial charge in [-0.3, -0.25) is 9.59 Å². The summed E-state index contributed by atoms with van der Waals surface area (Å²) in [6.45, 7) is 0. The van der Waals surface area contributed by atoms with Crippen molar-refractivity contribution < 1.29 is 19.4 Å². The molecule has 0 saturated carbocycles. The summed E-state index contributed by atoms with van der Waals surface area (Å²) in [7, 11) is 1.57. The van der Waals surface area contributed by atoms with Crippen molar-refractivity contribution in [1.82, 2.24) is 0 Å². The fourth-order valence-corrected chi connectivity index (χ4v) is 2.87. The first-order chi connectivity index (χ1) is 11.5. The largest absolute Gasteiger partial charge is 0.497 e. The molecule has 0 saturated heterocycles. The number of ether oxygens (including phenoxy) is 1. The summed E-state index contributed by atoms with van der Waals surface area (Å²) in [4.78, 5) is 23.7. The molecule has 1 amide bonds. The van der Waals surface area contributed by atoms with Gasteiger partial charge in [0.2, 0.25) is 5.91 Å². The molecule has 0 bridgehead atoms. The molecule has 6 heteroatoms. The predicted molar refractivity (Wildman–Crippen MR) is 100 cm³/mol. The number of para-hydroxylation sites is 1. The third kappa shape index (κ3) is 5.23. The maximum atomic E-state index is 12.6. The monoisotopic (exact) mass is 439 g/mol. The van der Waals surface area contributed by atoms with Crippen LogP contribution in [0.2, 0.25) is 0 Å². The summed E-state index contributed by atoms with van der Waals surface area (Å²) in [5, 5.41) is 11.9. The molecule has 0 heterocycles. The SMILES string of the molecule is COc1cccc(C[C@H](CC(=O)O)C(=O)Nc2ccccc2I)c1. The second-order valence-electron chi connectivity index (χ2n) is 5.32. The van der Waals surface area contributed by atoms with E-state index in [-0.39, 0.29) is 12.3 Å². The molecule has 24 heavy (non-hydrogen) atoms. The Kier molecular flexibility index (Phi) is 6.60. The normalized spacial score (nSPS) is 11.6. The summed E-state index contributed by atoms with van der Waals surface area (Å²) in [5.41, 5.74) is 1.54. The number of carboxylic acid groups (broad SMARTS) is 1. The number of benzene rings is 2. The highest BCUT2D eigenvalue weighted by Crippen LogP contribution is 2.22. The molecule has 0 radical (unpaired) electrons. The number of carboxylic acids is 1. The molecule has 2 aromatic rings. The second-order valence-corrected chi connectivity index (χ2v) is 6.48. The van der Waals surface area contributed by atoms with Crippen molar-refractivity contribution in [3.8, 4) is 5.75 Å². The van der Waals surface area contributed by atoms with Gasteiger partial charge in [-0.25, -0.2) is 0 Å². The van der Waals surface area contributed by atoms with Crippen LogP contribution in [0.1, 0.15) is 12.0 Å². The Bertz CT molecular complexity index is 732. The predicted octanol–water partition coefficient (Wildman–Crippen LogP) is 3.57. The number of rotatable bonds is 7. The molecule has 2 N–H and O–H groups in total. The van der Waals surface area contributed by atoms with E-state index in [1.165, 1.54) is 0 Å². The molecule has 0 unspecified atom stereocenters. The number of hydrogen-bond donors (Lipinski definition) is 2. The number of amides is 1. The van der Waals surface area contributed by atoms with Gasteiger partial charge in [-0.2, -0.15) is 0 Å². The van der Waals surface area contributed by atoms with E-state index in [0.29, 0.717) is 17.9 Å². The van der Waals surface area contributed by atoms with Gasteiger partial charge in [-0.15, -0.1) is 0 Å². The van der Waals surface area contributed by atoms with E-state index < -0.39 is 11.9 Å². The number of halogens is 1. The van der Waals surface area contributed by atoms with Gasteiger partial charge in [-0.1, -0.05) is 24.3 Å². The van der Waals surface area contributed by atoms with Crippen molar-refractivity contribution in [2.75, 3.05) is 12.4 Å². The number of carbonyl (C=O) groups excluding carboxylic acids is 1. The van der Waals surface area contributed by atoms with Gasteiger partial charge in [0, 0.05) is 3.57 Å². The van der Waals surface area contributed by atoms with Crippen molar-refractivity contribution in [2.45, 2.75) is 12.8 Å². The molecular formula is C18H18INO4. The van der Waals surface area contributed by atoms with Crippen molar-refractivity contribution in [1.29, 1.82) is 0 Å². The van der Waals surface area contributed by atoms with E-state index in [4.69, 9.17) is 9.84 Å².